The van der Waals surface area contributed by atoms with Crippen LogP contribution >= 0.6 is 0 Å². The van der Waals surface area contributed by atoms with Crippen molar-refractivity contribution in [1.29, 1.82) is 0 Å². The highest BCUT2D eigenvalue weighted by Crippen LogP contribution is 2.32. The van der Waals surface area contributed by atoms with Gasteiger partial charge in [0.2, 0.25) is 11.8 Å². The minimum absolute atomic E-state index is 0.0836. The van der Waals surface area contributed by atoms with E-state index >= 15 is 0 Å². The third kappa shape index (κ3) is 3.41. The first-order chi connectivity index (χ1) is 10.1. The predicted molar refractivity (Wildman–Crippen MR) is 83.8 cm³/mol. The Kier molecular flexibility index (Phi) is 5.65. The van der Waals surface area contributed by atoms with Gasteiger partial charge >= 0.3 is 0 Å². The minimum Gasteiger partial charge on any atom is -0.342 e. The van der Waals surface area contributed by atoms with Crippen LogP contribution < -0.4 is 5.32 Å². The second-order valence-corrected chi connectivity index (χ2v) is 6.75. The highest BCUT2D eigenvalue weighted by atomic mass is 16.2. The van der Waals surface area contributed by atoms with Gasteiger partial charge in [-0.1, -0.05) is 46.5 Å². The van der Waals surface area contributed by atoms with Crippen LogP contribution in [0.25, 0.3) is 0 Å². The molecule has 0 spiro atoms. The molecule has 1 saturated carbocycles. The Labute approximate surface area is 128 Å². The smallest absolute Gasteiger partial charge is 0.246 e. The molecule has 0 aromatic carbocycles. The largest absolute Gasteiger partial charge is 0.342 e. The summed E-state index contributed by atoms with van der Waals surface area (Å²) in [6, 6.07) is -0.549. The van der Waals surface area contributed by atoms with Crippen molar-refractivity contribution >= 4 is 11.8 Å². The van der Waals surface area contributed by atoms with Crippen molar-refractivity contribution in [3.8, 4) is 0 Å². The number of carbonyl (C=O) groups excluding carboxylic acids is 2. The van der Waals surface area contributed by atoms with E-state index in [1.165, 1.54) is 19.3 Å². The van der Waals surface area contributed by atoms with E-state index in [-0.39, 0.29) is 29.8 Å². The van der Waals surface area contributed by atoms with E-state index < -0.39 is 0 Å². The van der Waals surface area contributed by atoms with Crippen molar-refractivity contribution in [1.82, 2.24) is 10.2 Å². The molecule has 0 radical (unpaired) electrons. The molecule has 4 nitrogen and oxygen atoms in total. The van der Waals surface area contributed by atoms with Crippen LogP contribution in [0.15, 0.2) is 0 Å². The summed E-state index contributed by atoms with van der Waals surface area (Å²) in [4.78, 5) is 27.4. The molecule has 0 bridgehead atoms. The summed E-state index contributed by atoms with van der Waals surface area (Å²) in [5.74, 6) is 0.780. The quantitative estimate of drug-likeness (QED) is 0.847. The zero-order valence-corrected chi connectivity index (χ0v) is 13.7. The summed E-state index contributed by atoms with van der Waals surface area (Å²) >= 11 is 0. The zero-order chi connectivity index (χ0) is 15.4. The highest BCUT2D eigenvalue weighted by Gasteiger charge is 2.45. The molecule has 1 aliphatic heterocycles. The first-order valence-corrected chi connectivity index (χ1v) is 8.71. The summed E-state index contributed by atoms with van der Waals surface area (Å²) in [7, 11) is 0. The lowest BCUT2D eigenvalue weighted by Gasteiger charge is -2.44. The summed E-state index contributed by atoms with van der Waals surface area (Å²) in [6.07, 6.45) is 7.64. The van der Waals surface area contributed by atoms with Crippen LogP contribution in [0.2, 0.25) is 0 Å². The lowest BCUT2D eigenvalue weighted by molar-refractivity contribution is -0.153. The number of hydrogen-bond acceptors (Lipinski definition) is 2. The fourth-order valence-corrected chi connectivity index (χ4v) is 3.79. The van der Waals surface area contributed by atoms with Crippen LogP contribution in [0.4, 0.5) is 0 Å². The van der Waals surface area contributed by atoms with Crippen LogP contribution in [0.1, 0.15) is 65.7 Å². The molecule has 2 rings (SSSR count). The molecular weight excluding hydrogens is 264 g/mol. The van der Waals surface area contributed by atoms with Gasteiger partial charge in [0, 0.05) is 6.54 Å². The molecule has 1 saturated heterocycles. The molecule has 120 valence electrons. The summed E-state index contributed by atoms with van der Waals surface area (Å²) in [5, 5.41) is 3.02. The van der Waals surface area contributed by atoms with Crippen LogP contribution in [-0.2, 0) is 9.59 Å². The summed E-state index contributed by atoms with van der Waals surface area (Å²) in [6.45, 7) is 6.91. The molecule has 1 aliphatic carbocycles. The first-order valence-electron chi connectivity index (χ1n) is 8.71. The first kappa shape index (κ1) is 16.3. The normalized spacial score (nSPS) is 29.4. The van der Waals surface area contributed by atoms with Gasteiger partial charge in [-0.3, -0.25) is 9.59 Å². The highest BCUT2D eigenvalue weighted by molar-refractivity contribution is 5.97. The van der Waals surface area contributed by atoms with E-state index in [4.69, 9.17) is 0 Å². The Bertz CT molecular complexity index is 377. The van der Waals surface area contributed by atoms with Gasteiger partial charge in [0.25, 0.3) is 0 Å². The van der Waals surface area contributed by atoms with Crippen LogP contribution in [0, 0.1) is 11.8 Å². The van der Waals surface area contributed by atoms with E-state index in [9.17, 15) is 9.59 Å². The maximum Gasteiger partial charge on any atom is 0.246 e. The van der Waals surface area contributed by atoms with Crippen molar-refractivity contribution in [2.45, 2.75) is 77.8 Å². The lowest BCUT2D eigenvalue weighted by atomic mass is 9.80. The van der Waals surface area contributed by atoms with Crippen molar-refractivity contribution in [3.05, 3.63) is 0 Å². The second kappa shape index (κ2) is 7.28. The van der Waals surface area contributed by atoms with E-state index in [1.807, 2.05) is 11.8 Å². The standard InChI is InChI=1S/C17H30N2O2/c1-4-11-19-15(13-9-7-6-8-10-13)16(20)18-14(17(19)21)12(3)5-2/h12-15H,4-11H2,1-3H3,(H,18,20). The molecule has 1 N–H and O–H groups in total. The molecule has 2 aliphatic rings. The molecular formula is C17H30N2O2. The average molecular weight is 294 g/mol. The molecule has 2 amide bonds. The Hall–Kier alpha value is -1.06. The Morgan fingerprint density at radius 1 is 1.19 bits per heavy atom. The fourth-order valence-electron chi connectivity index (χ4n) is 3.79. The number of nitrogens with zero attached hydrogens (tertiary/aromatic N) is 1. The van der Waals surface area contributed by atoms with Gasteiger partial charge in [0.1, 0.15) is 12.1 Å². The maximum absolute atomic E-state index is 12.8. The second-order valence-electron chi connectivity index (χ2n) is 6.75. The number of piperazine rings is 1. The van der Waals surface area contributed by atoms with Crippen molar-refractivity contribution < 1.29 is 9.59 Å². The van der Waals surface area contributed by atoms with Crippen molar-refractivity contribution in [3.63, 3.8) is 0 Å². The lowest BCUT2D eigenvalue weighted by Crippen LogP contribution is -2.66. The van der Waals surface area contributed by atoms with E-state index in [2.05, 4.69) is 19.2 Å². The Morgan fingerprint density at radius 3 is 2.43 bits per heavy atom. The number of rotatable bonds is 5. The third-order valence-electron chi connectivity index (χ3n) is 5.23. The van der Waals surface area contributed by atoms with Crippen LogP contribution in [-0.4, -0.2) is 35.3 Å². The van der Waals surface area contributed by atoms with E-state index in [0.717, 1.165) is 25.7 Å². The Balaban J connectivity index is 2.19. The van der Waals surface area contributed by atoms with Crippen molar-refractivity contribution in [2.24, 2.45) is 11.8 Å². The number of nitrogens with one attached hydrogen (secondary N) is 1. The van der Waals surface area contributed by atoms with Gasteiger partial charge in [-0.05, 0) is 31.1 Å². The van der Waals surface area contributed by atoms with Gasteiger partial charge in [0.05, 0.1) is 0 Å². The van der Waals surface area contributed by atoms with Gasteiger partial charge < -0.3 is 10.2 Å². The topological polar surface area (TPSA) is 49.4 Å². The number of carbonyl (C=O) groups is 2. The number of amides is 2. The van der Waals surface area contributed by atoms with Crippen molar-refractivity contribution in [2.75, 3.05) is 6.54 Å². The molecule has 2 fully saturated rings. The predicted octanol–water partition coefficient (Wildman–Crippen LogP) is 2.72. The SMILES string of the molecule is CCCN1C(=O)C(C(C)CC)NC(=O)C1C1CCCCC1. The van der Waals surface area contributed by atoms with Gasteiger partial charge in [-0.2, -0.15) is 0 Å². The van der Waals surface area contributed by atoms with Gasteiger partial charge in [-0.25, -0.2) is 0 Å². The van der Waals surface area contributed by atoms with Gasteiger partial charge in [0.15, 0.2) is 0 Å². The van der Waals surface area contributed by atoms with Crippen LogP contribution in [0.5, 0.6) is 0 Å². The molecule has 0 aromatic heterocycles. The maximum atomic E-state index is 12.8. The Morgan fingerprint density at radius 2 is 1.86 bits per heavy atom. The monoisotopic (exact) mass is 294 g/mol. The van der Waals surface area contributed by atoms with E-state index in [1.54, 1.807) is 0 Å². The minimum atomic E-state index is -0.325. The zero-order valence-electron chi connectivity index (χ0n) is 13.7. The van der Waals surface area contributed by atoms with E-state index in [0.29, 0.717) is 12.5 Å². The molecule has 3 unspecified atom stereocenters. The summed E-state index contributed by atoms with van der Waals surface area (Å²) < 4.78 is 0. The number of hydrogen-bond donors (Lipinski definition) is 1. The van der Waals surface area contributed by atoms with Crippen LogP contribution in [0.3, 0.4) is 0 Å². The molecule has 1 heterocycles. The molecule has 3 atom stereocenters. The van der Waals surface area contributed by atoms with Gasteiger partial charge in [-0.15, -0.1) is 0 Å². The molecule has 0 aromatic rings. The fraction of sp³-hybridized carbons (Fsp3) is 0.882. The molecule has 21 heavy (non-hydrogen) atoms. The summed E-state index contributed by atoms with van der Waals surface area (Å²) in [5.41, 5.74) is 0. The third-order valence-corrected chi connectivity index (χ3v) is 5.23. The average Bonchev–Trinajstić information content (AvgIpc) is 2.51. The molecule has 4 heteroatoms.